The quantitative estimate of drug-likeness (QED) is 0.487. The Hall–Kier alpha value is -3.09. The van der Waals surface area contributed by atoms with Crippen LogP contribution in [0.4, 0.5) is 4.39 Å². The molecule has 0 aliphatic heterocycles. The summed E-state index contributed by atoms with van der Waals surface area (Å²) in [5, 5.41) is 2.66. The monoisotopic (exact) mass is 403 g/mol. The van der Waals surface area contributed by atoms with Gasteiger partial charge in [-0.15, -0.1) is 0 Å². The molecule has 0 radical (unpaired) electrons. The molecule has 29 heavy (non-hydrogen) atoms. The normalized spacial score (nSPS) is 10.3. The zero-order valence-corrected chi connectivity index (χ0v) is 16.9. The number of nitrogens with one attached hydrogen (secondary N) is 1. The highest BCUT2D eigenvalue weighted by Crippen LogP contribution is 2.23. The number of rotatable bonds is 10. The molecular formula is C22H26FNO5. The van der Waals surface area contributed by atoms with Crippen molar-refractivity contribution in [3.05, 3.63) is 58.9 Å². The first-order valence-corrected chi connectivity index (χ1v) is 9.36. The molecule has 7 heteroatoms. The topological polar surface area (TPSA) is 73.9 Å². The number of benzene rings is 2. The first-order chi connectivity index (χ1) is 13.8. The summed E-state index contributed by atoms with van der Waals surface area (Å²) in [5.41, 5.74) is 3.43. The van der Waals surface area contributed by atoms with Gasteiger partial charge in [-0.05, 0) is 74.2 Å². The molecule has 6 nitrogen and oxygen atoms in total. The lowest BCUT2D eigenvalue weighted by Gasteiger charge is -2.12. The summed E-state index contributed by atoms with van der Waals surface area (Å²) in [6.07, 6.45) is 0.625. The van der Waals surface area contributed by atoms with Gasteiger partial charge in [-0.25, -0.2) is 9.18 Å². The van der Waals surface area contributed by atoms with Crippen molar-refractivity contribution in [1.82, 2.24) is 5.32 Å². The van der Waals surface area contributed by atoms with E-state index in [1.807, 2.05) is 26.8 Å². The molecule has 0 unspecified atom stereocenters. The molecule has 2 aromatic carbocycles. The summed E-state index contributed by atoms with van der Waals surface area (Å²) in [6, 6.07) is 9.34. The molecule has 0 saturated carbocycles. The number of carbonyl (C=O) groups is 2. The number of hydrogen-bond donors (Lipinski definition) is 1. The Kier molecular flexibility index (Phi) is 8.45. The standard InChI is InChI=1S/C22H26FNO5/c1-15-11-16(2)17(3)20(12-15)27-10-4-9-24-21(25)13-29-22(26)14-28-19-7-5-18(23)6-8-19/h5-8,11-12H,4,9-10,13-14H2,1-3H3,(H,24,25). The maximum atomic E-state index is 12.8. The average molecular weight is 403 g/mol. The van der Waals surface area contributed by atoms with E-state index in [1.165, 1.54) is 29.8 Å². The molecule has 0 atom stereocenters. The van der Waals surface area contributed by atoms with Gasteiger partial charge in [0.15, 0.2) is 13.2 Å². The van der Waals surface area contributed by atoms with Crippen LogP contribution >= 0.6 is 0 Å². The van der Waals surface area contributed by atoms with Crippen LogP contribution in [0.15, 0.2) is 36.4 Å². The number of carbonyl (C=O) groups excluding carboxylic acids is 2. The van der Waals surface area contributed by atoms with Gasteiger partial charge in [-0.3, -0.25) is 4.79 Å². The lowest BCUT2D eigenvalue weighted by atomic mass is 10.1. The molecule has 0 spiro atoms. The highest BCUT2D eigenvalue weighted by molar-refractivity contribution is 5.80. The molecule has 2 aromatic rings. The van der Waals surface area contributed by atoms with E-state index >= 15 is 0 Å². The van der Waals surface area contributed by atoms with E-state index in [0.717, 1.165) is 16.9 Å². The SMILES string of the molecule is Cc1cc(C)c(C)c(OCCCNC(=O)COC(=O)COc2ccc(F)cc2)c1. The van der Waals surface area contributed by atoms with Gasteiger partial charge in [0.25, 0.3) is 5.91 Å². The second kappa shape index (κ2) is 11.0. The molecule has 0 fully saturated rings. The molecule has 0 aromatic heterocycles. The van der Waals surface area contributed by atoms with Crippen molar-refractivity contribution >= 4 is 11.9 Å². The fourth-order valence-corrected chi connectivity index (χ4v) is 2.54. The van der Waals surface area contributed by atoms with Crippen molar-refractivity contribution in [3.8, 4) is 11.5 Å². The smallest absolute Gasteiger partial charge is 0.344 e. The summed E-state index contributed by atoms with van der Waals surface area (Å²) in [4.78, 5) is 23.3. The third-order valence-corrected chi connectivity index (χ3v) is 4.20. The lowest BCUT2D eigenvalue weighted by Crippen LogP contribution is -2.31. The lowest BCUT2D eigenvalue weighted by molar-refractivity contribution is -0.150. The number of ether oxygens (including phenoxy) is 3. The number of aryl methyl sites for hydroxylation is 2. The van der Waals surface area contributed by atoms with Gasteiger partial charge < -0.3 is 19.5 Å². The molecule has 0 aliphatic rings. The maximum Gasteiger partial charge on any atom is 0.344 e. The Morgan fingerprint density at radius 3 is 2.45 bits per heavy atom. The fourth-order valence-electron chi connectivity index (χ4n) is 2.54. The van der Waals surface area contributed by atoms with Gasteiger partial charge in [0.05, 0.1) is 6.61 Å². The third kappa shape index (κ3) is 7.81. The Labute approximate surface area is 170 Å². The minimum Gasteiger partial charge on any atom is -0.493 e. The molecular weight excluding hydrogens is 377 g/mol. The summed E-state index contributed by atoms with van der Waals surface area (Å²) < 4.78 is 28.5. The molecule has 0 bridgehead atoms. The second-order valence-electron chi connectivity index (χ2n) is 6.66. The molecule has 2 rings (SSSR count). The van der Waals surface area contributed by atoms with Crippen molar-refractivity contribution < 1.29 is 28.2 Å². The highest BCUT2D eigenvalue weighted by atomic mass is 19.1. The number of esters is 1. The molecule has 156 valence electrons. The van der Waals surface area contributed by atoms with Crippen LogP contribution in [0.3, 0.4) is 0 Å². The van der Waals surface area contributed by atoms with Gasteiger partial charge in [0, 0.05) is 6.54 Å². The van der Waals surface area contributed by atoms with Crippen molar-refractivity contribution in [2.45, 2.75) is 27.2 Å². The molecule has 1 N–H and O–H groups in total. The van der Waals surface area contributed by atoms with E-state index in [-0.39, 0.29) is 13.2 Å². The molecule has 0 saturated heterocycles. The van der Waals surface area contributed by atoms with Gasteiger partial charge in [0.2, 0.25) is 0 Å². The van der Waals surface area contributed by atoms with E-state index in [4.69, 9.17) is 14.2 Å². The number of halogens is 1. The first-order valence-electron chi connectivity index (χ1n) is 9.36. The summed E-state index contributed by atoms with van der Waals surface area (Å²) >= 11 is 0. The minimum atomic E-state index is -0.682. The van der Waals surface area contributed by atoms with E-state index in [1.54, 1.807) is 0 Å². The van der Waals surface area contributed by atoms with Gasteiger partial charge in [0.1, 0.15) is 17.3 Å². The zero-order chi connectivity index (χ0) is 21.2. The van der Waals surface area contributed by atoms with Crippen LogP contribution in [0.25, 0.3) is 0 Å². The second-order valence-corrected chi connectivity index (χ2v) is 6.66. The largest absolute Gasteiger partial charge is 0.493 e. The van der Waals surface area contributed by atoms with Gasteiger partial charge in [-0.2, -0.15) is 0 Å². The Morgan fingerprint density at radius 1 is 1.00 bits per heavy atom. The Morgan fingerprint density at radius 2 is 1.72 bits per heavy atom. The van der Waals surface area contributed by atoms with E-state index in [9.17, 15) is 14.0 Å². The molecule has 1 amide bonds. The van der Waals surface area contributed by atoms with Crippen LogP contribution in [0.5, 0.6) is 11.5 Å². The predicted octanol–water partition coefficient (Wildman–Crippen LogP) is 3.26. The van der Waals surface area contributed by atoms with Crippen molar-refractivity contribution in [3.63, 3.8) is 0 Å². The third-order valence-electron chi connectivity index (χ3n) is 4.20. The van der Waals surface area contributed by atoms with Crippen molar-refractivity contribution in [1.29, 1.82) is 0 Å². The van der Waals surface area contributed by atoms with Crippen molar-refractivity contribution in [2.24, 2.45) is 0 Å². The average Bonchev–Trinajstić information content (AvgIpc) is 2.69. The summed E-state index contributed by atoms with van der Waals surface area (Å²) in [6.45, 7) is 6.21. The van der Waals surface area contributed by atoms with Crippen LogP contribution in [-0.4, -0.2) is 38.2 Å². The van der Waals surface area contributed by atoms with Gasteiger partial charge in [-0.1, -0.05) is 6.07 Å². The Balaban J connectivity index is 1.57. The van der Waals surface area contributed by atoms with E-state index < -0.39 is 17.7 Å². The van der Waals surface area contributed by atoms with Crippen LogP contribution < -0.4 is 14.8 Å². The van der Waals surface area contributed by atoms with Crippen LogP contribution in [-0.2, 0) is 14.3 Å². The predicted molar refractivity (Wildman–Crippen MR) is 107 cm³/mol. The Bertz CT molecular complexity index is 836. The number of hydrogen-bond acceptors (Lipinski definition) is 5. The van der Waals surface area contributed by atoms with Crippen molar-refractivity contribution in [2.75, 3.05) is 26.4 Å². The summed E-state index contributed by atoms with van der Waals surface area (Å²) in [7, 11) is 0. The van der Waals surface area contributed by atoms with Crippen LogP contribution in [0.1, 0.15) is 23.1 Å². The van der Waals surface area contributed by atoms with Crippen LogP contribution in [0, 0.1) is 26.6 Å². The zero-order valence-electron chi connectivity index (χ0n) is 16.9. The molecule has 0 aliphatic carbocycles. The summed E-state index contributed by atoms with van der Waals surface area (Å²) in [5.74, 6) is -0.289. The van der Waals surface area contributed by atoms with E-state index in [0.29, 0.717) is 25.3 Å². The fraction of sp³-hybridized carbons (Fsp3) is 0.364. The first kappa shape index (κ1) is 22.2. The van der Waals surface area contributed by atoms with Crippen LogP contribution in [0.2, 0.25) is 0 Å². The van der Waals surface area contributed by atoms with E-state index in [2.05, 4.69) is 11.4 Å². The highest BCUT2D eigenvalue weighted by Gasteiger charge is 2.09. The number of amides is 1. The maximum absolute atomic E-state index is 12.8. The minimum absolute atomic E-state index is 0.340. The van der Waals surface area contributed by atoms with Gasteiger partial charge >= 0.3 is 5.97 Å². The molecule has 0 heterocycles.